The second kappa shape index (κ2) is 5.87. The maximum Gasteiger partial charge on any atom is 0.229 e. The molecule has 1 aromatic heterocycles. The zero-order valence-electron chi connectivity index (χ0n) is 10.8. The number of rotatable bonds is 7. The van der Waals surface area contributed by atoms with Crippen molar-refractivity contribution in [2.75, 3.05) is 18.6 Å². The number of thioether (sulfide) groups is 1. The van der Waals surface area contributed by atoms with Crippen LogP contribution in [0.3, 0.4) is 0 Å². The minimum Gasteiger partial charge on any atom is -0.339 e. The molecule has 1 fully saturated rings. The van der Waals surface area contributed by atoms with Gasteiger partial charge in [-0.15, -0.1) is 0 Å². The minimum absolute atomic E-state index is 0.544. The summed E-state index contributed by atoms with van der Waals surface area (Å²) in [5.41, 5.74) is 0. The van der Waals surface area contributed by atoms with E-state index in [-0.39, 0.29) is 0 Å². The number of nitrogens with zero attached hydrogens (tertiary/aromatic N) is 3. The maximum absolute atomic E-state index is 5.26. The third-order valence-corrected chi connectivity index (χ3v) is 4.24. The van der Waals surface area contributed by atoms with Gasteiger partial charge in [-0.2, -0.15) is 16.7 Å². The molecule has 0 aromatic carbocycles. The number of hydrogen-bond acceptors (Lipinski definition) is 5. The summed E-state index contributed by atoms with van der Waals surface area (Å²) in [5, 5.41) is 4.05. The van der Waals surface area contributed by atoms with Crippen molar-refractivity contribution >= 4 is 11.8 Å². The van der Waals surface area contributed by atoms with E-state index >= 15 is 0 Å². The Kier molecular flexibility index (Phi) is 4.45. The van der Waals surface area contributed by atoms with E-state index in [1.54, 1.807) is 0 Å². The molecule has 5 heteroatoms. The molecule has 1 aliphatic rings. The third kappa shape index (κ3) is 3.71. The first-order valence-electron chi connectivity index (χ1n) is 6.31. The molecule has 0 bridgehead atoms. The van der Waals surface area contributed by atoms with Gasteiger partial charge in [0.15, 0.2) is 5.82 Å². The van der Waals surface area contributed by atoms with Crippen molar-refractivity contribution in [3.63, 3.8) is 0 Å². The summed E-state index contributed by atoms with van der Waals surface area (Å²) >= 11 is 1.97. The molecule has 17 heavy (non-hydrogen) atoms. The first kappa shape index (κ1) is 12.9. The van der Waals surface area contributed by atoms with Crippen LogP contribution in [0, 0.1) is 0 Å². The van der Waals surface area contributed by atoms with Crippen LogP contribution in [-0.2, 0) is 6.54 Å². The lowest BCUT2D eigenvalue weighted by Gasteiger charge is -2.22. The van der Waals surface area contributed by atoms with Crippen LogP contribution in [0.15, 0.2) is 4.52 Å². The quantitative estimate of drug-likeness (QED) is 0.749. The average molecular weight is 255 g/mol. The Balaban J connectivity index is 1.81. The molecule has 0 N–H and O–H groups in total. The molecule has 96 valence electrons. The first-order valence-corrected chi connectivity index (χ1v) is 7.46. The predicted octanol–water partition coefficient (Wildman–Crippen LogP) is 2.52. The number of aromatic nitrogens is 2. The molecule has 1 atom stereocenters. The van der Waals surface area contributed by atoms with E-state index in [1.165, 1.54) is 18.6 Å². The highest BCUT2D eigenvalue weighted by Gasteiger charge is 2.29. The van der Waals surface area contributed by atoms with Crippen molar-refractivity contribution < 1.29 is 4.52 Å². The van der Waals surface area contributed by atoms with Gasteiger partial charge in [-0.1, -0.05) is 12.1 Å². The molecule has 2 rings (SSSR count). The van der Waals surface area contributed by atoms with Crippen molar-refractivity contribution in [1.82, 2.24) is 15.0 Å². The van der Waals surface area contributed by atoms with Gasteiger partial charge in [-0.05, 0) is 32.6 Å². The minimum atomic E-state index is 0.544. The Morgan fingerprint density at radius 3 is 2.94 bits per heavy atom. The molecule has 4 nitrogen and oxygen atoms in total. The molecule has 1 heterocycles. The zero-order valence-corrected chi connectivity index (χ0v) is 11.7. The van der Waals surface area contributed by atoms with Gasteiger partial charge in [-0.3, -0.25) is 4.90 Å². The van der Waals surface area contributed by atoms with Gasteiger partial charge in [0.2, 0.25) is 5.89 Å². The van der Waals surface area contributed by atoms with E-state index in [9.17, 15) is 0 Å². The molecule has 0 aliphatic heterocycles. The van der Waals surface area contributed by atoms with E-state index < -0.39 is 0 Å². The van der Waals surface area contributed by atoms with Crippen molar-refractivity contribution in [2.24, 2.45) is 0 Å². The first-order chi connectivity index (χ1) is 8.20. The van der Waals surface area contributed by atoms with Gasteiger partial charge in [0.05, 0.1) is 6.54 Å². The molecule has 0 radical (unpaired) electrons. The highest BCUT2D eigenvalue weighted by atomic mass is 32.2. The average Bonchev–Trinajstić information content (AvgIpc) is 3.07. The Morgan fingerprint density at radius 2 is 2.29 bits per heavy atom. The normalized spacial score (nSPS) is 17.6. The van der Waals surface area contributed by atoms with Gasteiger partial charge < -0.3 is 4.52 Å². The molecule has 0 spiro atoms. The van der Waals surface area contributed by atoms with Crippen LogP contribution >= 0.6 is 11.8 Å². The van der Waals surface area contributed by atoms with Crippen LogP contribution in [-0.4, -0.2) is 39.6 Å². The van der Waals surface area contributed by atoms with Crippen LogP contribution in [0.25, 0.3) is 0 Å². The van der Waals surface area contributed by atoms with Gasteiger partial charge >= 0.3 is 0 Å². The topological polar surface area (TPSA) is 42.2 Å². The van der Waals surface area contributed by atoms with Crippen molar-refractivity contribution in [1.29, 1.82) is 0 Å². The highest BCUT2D eigenvalue weighted by molar-refractivity contribution is 7.99. The summed E-state index contributed by atoms with van der Waals surface area (Å²) in [6, 6.07) is 0.544. The van der Waals surface area contributed by atoms with Crippen molar-refractivity contribution in [2.45, 2.75) is 45.2 Å². The van der Waals surface area contributed by atoms with E-state index in [4.69, 9.17) is 4.52 Å². The zero-order chi connectivity index (χ0) is 12.3. The molecule has 0 amide bonds. The summed E-state index contributed by atoms with van der Waals surface area (Å²) in [6.07, 6.45) is 2.42. The van der Waals surface area contributed by atoms with E-state index in [1.807, 2.05) is 11.8 Å². The second-order valence-corrected chi connectivity index (χ2v) is 6.07. The Bertz CT molecular complexity index is 351. The second-order valence-electron chi connectivity index (χ2n) is 4.75. The van der Waals surface area contributed by atoms with Crippen molar-refractivity contribution in [3.8, 4) is 0 Å². The monoisotopic (exact) mass is 255 g/mol. The van der Waals surface area contributed by atoms with E-state index in [0.717, 1.165) is 24.0 Å². The molecule has 1 aliphatic carbocycles. The summed E-state index contributed by atoms with van der Waals surface area (Å²) in [7, 11) is 2.12. The summed E-state index contributed by atoms with van der Waals surface area (Å²) in [4.78, 5) is 6.73. The van der Waals surface area contributed by atoms with Gasteiger partial charge in [0.25, 0.3) is 0 Å². The van der Waals surface area contributed by atoms with Crippen LogP contribution in [0.2, 0.25) is 0 Å². The third-order valence-electron chi connectivity index (χ3n) is 3.12. The van der Waals surface area contributed by atoms with Crippen LogP contribution in [0.1, 0.15) is 44.3 Å². The largest absolute Gasteiger partial charge is 0.339 e. The van der Waals surface area contributed by atoms with E-state index in [0.29, 0.717) is 12.0 Å². The fraction of sp³-hybridized carbons (Fsp3) is 0.833. The Morgan fingerprint density at radius 1 is 1.53 bits per heavy atom. The maximum atomic E-state index is 5.26. The standard InChI is InChI=1S/C12H21N3OS/c1-4-17-8-9(2)15(3)7-11-13-12(16-14-11)10-5-6-10/h9-10H,4-8H2,1-3H3/t9-/m1/s1. The SMILES string of the molecule is CCSC[C@@H](C)N(C)Cc1noc(C2CC2)n1. The molecular weight excluding hydrogens is 234 g/mol. The fourth-order valence-electron chi connectivity index (χ4n) is 1.62. The van der Waals surface area contributed by atoms with Crippen LogP contribution in [0.4, 0.5) is 0 Å². The van der Waals surface area contributed by atoms with Crippen molar-refractivity contribution in [3.05, 3.63) is 11.7 Å². The predicted molar refractivity (Wildman–Crippen MR) is 70.2 cm³/mol. The molecule has 1 aromatic rings. The smallest absolute Gasteiger partial charge is 0.229 e. The van der Waals surface area contributed by atoms with Crippen LogP contribution < -0.4 is 0 Å². The van der Waals surface area contributed by atoms with Gasteiger partial charge in [-0.25, -0.2) is 0 Å². The lowest BCUT2D eigenvalue weighted by Crippen LogP contribution is -2.31. The van der Waals surface area contributed by atoms with E-state index in [2.05, 4.69) is 35.9 Å². The highest BCUT2D eigenvalue weighted by Crippen LogP contribution is 2.38. The van der Waals surface area contributed by atoms with Gasteiger partial charge in [0.1, 0.15) is 0 Å². The lowest BCUT2D eigenvalue weighted by molar-refractivity contribution is 0.257. The Labute approximate surface area is 107 Å². The fourth-order valence-corrected chi connectivity index (χ4v) is 2.45. The lowest BCUT2D eigenvalue weighted by atomic mass is 10.3. The molecule has 1 saturated carbocycles. The molecule has 0 unspecified atom stereocenters. The molecular formula is C12H21N3OS. The number of hydrogen-bond donors (Lipinski definition) is 0. The summed E-state index contributed by atoms with van der Waals surface area (Å²) in [6.45, 7) is 5.21. The summed E-state index contributed by atoms with van der Waals surface area (Å²) in [5.74, 6) is 4.54. The summed E-state index contributed by atoms with van der Waals surface area (Å²) < 4.78 is 5.26. The van der Waals surface area contributed by atoms with Crippen LogP contribution in [0.5, 0.6) is 0 Å². The Hall–Kier alpha value is -0.550. The van der Waals surface area contributed by atoms with Gasteiger partial charge in [0, 0.05) is 17.7 Å². The molecule has 0 saturated heterocycles.